The second kappa shape index (κ2) is 5.99. The third-order valence-electron chi connectivity index (χ3n) is 4.86. The van der Waals surface area contributed by atoms with Crippen LogP contribution in [-0.4, -0.2) is 23.6 Å². The summed E-state index contributed by atoms with van der Waals surface area (Å²) in [6.45, 7) is 4.48. The van der Waals surface area contributed by atoms with Gasteiger partial charge in [-0.15, -0.1) is 0 Å². The molecule has 0 spiro atoms. The molecule has 2 saturated carbocycles. The van der Waals surface area contributed by atoms with E-state index in [1.165, 1.54) is 32.1 Å². The highest BCUT2D eigenvalue weighted by atomic mass is 14.9. The van der Waals surface area contributed by atoms with Gasteiger partial charge in [0.1, 0.15) is 0 Å². The molecule has 3 unspecified atom stereocenters. The van der Waals surface area contributed by atoms with Crippen LogP contribution >= 0.6 is 0 Å². The number of aliphatic imine (C=N–C) groups is 2. The lowest BCUT2D eigenvalue weighted by molar-refractivity contribution is 0.210. The zero-order chi connectivity index (χ0) is 13.0. The van der Waals surface area contributed by atoms with Crippen LogP contribution in [0.3, 0.4) is 0 Å². The Kier molecular flexibility index (Phi) is 4.58. The normalized spacial score (nSPS) is 37.9. The number of rotatable bonds is 2. The van der Waals surface area contributed by atoms with Gasteiger partial charge < -0.3 is 5.73 Å². The van der Waals surface area contributed by atoms with Gasteiger partial charge in [-0.3, -0.25) is 0 Å². The van der Waals surface area contributed by atoms with E-state index in [4.69, 9.17) is 5.73 Å². The van der Waals surface area contributed by atoms with Gasteiger partial charge in [0.2, 0.25) is 0 Å². The van der Waals surface area contributed by atoms with Crippen molar-refractivity contribution in [2.45, 2.75) is 82.8 Å². The van der Waals surface area contributed by atoms with Crippen molar-refractivity contribution in [3.63, 3.8) is 0 Å². The standard InChI is InChI=1S/C15H27N3/c1-12-10-13(16)8-9-15(12,2)18-11-17-14-6-4-3-5-7-14/h12-14H,3-10,16H2,1-2H3. The van der Waals surface area contributed by atoms with Crippen LogP contribution in [-0.2, 0) is 0 Å². The summed E-state index contributed by atoms with van der Waals surface area (Å²) >= 11 is 0. The molecule has 0 aromatic heterocycles. The minimum atomic E-state index is 0.00797. The van der Waals surface area contributed by atoms with E-state index in [1.54, 1.807) is 0 Å². The minimum absolute atomic E-state index is 0.00797. The molecule has 2 fully saturated rings. The lowest BCUT2D eigenvalue weighted by Crippen LogP contribution is -2.41. The molecule has 0 aromatic carbocycles. The largest absolute Gasteiger partial charge is 0.328 e. The molecule has 3 nitrogen and oxygen atoms in total. The van der Waals surface area contributed by atoms with Gasteiger partial charge in [0, 0.05) is 6.04 Å². The van der Waals surface area contributed by atoms with Crippen molar-refractivity contribution in [2.75, 3.05) is 0 Å². The van der Waals surface area contributed by atoms with Gasteiger partial charge in [0.05, 0.1) is 17.6 Å². The van der Waals surface area contributed by atoms with E-state index in [-0.39, 0.29) is 5.54 Å². The summed E-state index contributed by atoms with van der Waals surface area (Å²) < 4.78 is 0. The van der Waals surface area contributed by atoms with Crippen LogP contribution in [0, 0.1) is 5.92 Å². The summed E-state index contributed by atoms with van der Waals surface area (Å²) in [6, 6.07) is 3.86. The predicted octanol–water partition coefficient (Wildman–Crippen LogP) is 3.40. The Hall–Kier alpha value is -0.660. The molecule has 0 amide bonds. The Morgan fingerprint density at radius 1 is 1.17 bits per heavy atom. The molecule has 2 aliphatic rings. The molecule has 2 aliphatic carbocycles. The average molecular weight is 249 g/mol. The van der Waals surface area contributed by atoms with Crippen molar-refractivity contribution in [1.82, 2.24) is 0 Å². The number of hydrogen-bond acceptors (Lipinski definition) is 3. The fourth-order valence-electron chi connectivity index (χ4n) is 3.15. The quantitative estimate of drug-likeness (QED) is 0.749. The third kappa shape index (κ3) is 3.43. The van der Waals surface area contributed by atoms with Crippen molar-refractivity contribution in [3.8, 4) is 0 Å². The lowest BCUT2D eigenvalue weighted by atomic mass is 9.74. The maximum absolute atomic E-state index is 6.01. The first-order valence-corrected chi connectivity index (χ1v) is 7.52. The van der Waals surface area contributed by atoms with Crippen molar-refractivity contribution < 1.29 is 0 Å². The fraction of sp³-hybridized carbons (Fsp3) is 0.933. The van der Waals surface area contributed by atoms with Gasteiger partial charge in [0.25, 0.3) is 0 Å². The summed E-state index contributed by atoms with van der Waals surface area (Å²) in [5, 5.41) is 0. The van der Waals surface area contributed by atoms with Gasteiger partial charge in [-0.2, -0.15) is 0 Å². The summed E-state index contributed by atoms with van der Waals surface area (Å²) in [5.74, 6) is 0.537. The highest BCUT2D eigenvalue weighted by Crippen LogP contribution is 2.35. The third-order valence-corrected chi connectivity index (χ3v) is 4.86. The monoisotopic (exact) mass is 249 g/mol. The molecular weight excluding hydrogens is 222 g/mol. The van der Waals surface area contributed by atoms with E-state index in [0.717, 1.165) is 19.3 Å². The SMILES string of the molecule is CC1CC(N)CCC1(C)N=C=NC1CCCCC1. The van der Waals surface area contributed by atoms with E-state index in [2.05, 4.69) is 29.8 Å². The smallest absolute Gasteiger partial charge is 0.0901 e. The van der Waals surface area contributed by atoms with Crippen LogP contribution in [0.1, 0.15) is 65.2 Å². The molecule has 2 rings (SSSR count). The van der Waals surface area contributed by atoms with Gasteiger partial charge in [-0.25, -0.2) is 9.98 Å². The molecule has 2 N–H and O–H groups in total. The highest BCUT2D eigenvalue weighted by molar-refractivity contribution is 5.43. The van der Waals surface area contributed by atoms with Crippen molar-refractivity contribution in [3.05, 3.63) is 0 Å². The van der Waals surface area contributed by atoms with Crippen LogP contribution in [0.4, 0.5) is 0 Å². The molecule has 3 heteroatoms. The number of hydrogen-bond donors (Lipinski definition) is 1. The van der Waals surface area contributed by atoms with Crippen molar-refractivity contribution in [1.29, 1.82) is 0 Å². The first-order valence-electron chi connectivity index (χ1n) is 7.52. The molecule has 3 atom stereocenters. The van der Waals surface area contributed by atoms with Crippen molar-refractivity contribution >= 4 is 6.01 Å². The first-order chi connectivity index (χ1) is 8.60. The van der Waals surface area contributed by atoms with Crippen LogP contribution in [0.2, 0.25) is 0 Å². The van der Waals surface area contributed by atoms with E-state index in [1.807, 2.05) is 0 Å². The summed E-state index contributed by atoms with van der Waals surface area (Å²) in [7, 11) is 0. The van der Waals surface area contributed by atoms with Crippen LogP contribution < -0.4 is 5.73 Å². The lowest BCUT2D eigenvalue weighted by Gasteiger charge is -2.37. The summed E-state index contributed by atoms with van der Waals surface area (Å²) in [5.41, 5.74) is 6.01. The van der Waals surface area contributed by atoms with Crippen LogP contribution in [0.5, 0.6) is 0 Å². The molecule has 0 aliphatic heterocycles. The van der Waals surface area contributed by atoms with Gasteiger partial charge in [-0.05, 0) is 44.9 Å². The summed E-state index contributed by atoms with van der Waals surface area (Å²) in [6.07, 6.45) is 9.68. The van der Waals surface area contributed by atoms with Crippen molar-refractivity contribution in [2.24, 2.45) is 21.6 Å². The maximum atomic E-state index is 6.01. The van der Waals surface area contributed by atoms with Crippen LogP contribution in [0.15, 0.2) is 9.98 Å². The van der Waals surface area contributed by atoms with Gasteiger partial charge in [-0.1, -0.05) is 26.2 Å². The van der Waals surface area contributed by atoms with E-state index < -0.39 is 0 Å². The Labute approximate surface area is 111 Å². The Balaban J connectivity index is 1.95. The molecule has 0 aromatic rings. The topological polar surface area (TPSA) is 50.7 Å². The second-order valence-corrected chi connectivity index (χ2v) is 6.43. The molecule has 0 saturated heterocycles. The minimum Gasteiger partial charge on any atom is -0.328 e. The van der Waals surface area contributed by atoms with Gasteiger partial charge in [0.15, 0.2) is 0 Å². The summed E-state index contributed by atoms with van der Waals surface area (Å²) in [4.78, 5) is 9.18. The predicted molar refractivity (Wildman–Crippen MR) is 76.1 cm³/mol. The number of nitrogens with two attached hydrogens (primary N) is 1. The van der Waals surface area contributed by atoms with E-state index in [9.17, 15) is 0 Å². The number of nitrogens with zero attached hydrogens (tertiary/aromatic N) is 2. The average Bonchev–Trinajstić information content (AvgIpc) is 2.36. The molecular formula is C15H27N3. The van der Waals surface area contributed by atoms with Crippen LogP contribution in [0.25, 0.3) is 0 Å². The molecule has 0 heterocycles. The Morgan fingerprint density at radius 3 is 2.56 bits per heavy atom. The van der Waals surface area contributed by atoms with E-state index in [0.29, 0.717) is 18.0 Å². The zero-order valence-electron chi connectivity index (χ0n) is 11.9. The van der Waals surface area contributed by atoms with Gasteiger partial charge >= 0.3 is 0 Å². The molecule has 102 valence electrons. The maximum Gasteiger partial charge on any atom is 0.0901 e. The second-order valence-electron chi connectivity index (χ2n) is 6.43. The zero-order valence-corrected chi connectivity index (χ0v) is 11.9. The first kappa shape index (κ1) is 13.8. The molecule has 18 heavy (non-hydrogen) atoms. The highest BCUT2D eigenvalue weighted by Gasteiger charge is 2.35. The fourth-order valence-corrected chi connectivity index (χ4v) is 3.15. The van der Waals surface area contributed by atoms with E-state index >= 15 is 0 Å². The molecule has 0 bridgehead atoms. The Morgan fingerprint density at radius 2 is 1.89 bits per heavy atom. The molecule has 0 radical (unpaired) electrons. The Bertz CT molecular complexity index is 327.